The lowest BCUT2D eigenvalue weighted by atomic mass is 10.2. The summed E-state index contributed by atoms with van der Waals surface area (Å²) in [7, 11) is 3.40. The van der Waals surface area contributed by atoms with Gasteiger partial charge in [0.1, 0.15) is 5.60 Å². The minimum atomic E-state index is -0.483. The summed E-state index contributed by atoms with van der Waals surface area (Å²) in [6.07, 6.45) is 0.494. The molecule has 1 aliphatic rings. The van der Waals surface area contributed by atoms with E-state index >= 15 is 0 Å². The van der Waals surface area contributed by atoms with E-state index in [2.05, 4.69) is 20.5 Å². The first-order valence-corrected chi connectivity index (χ1v) is 8.37. The number of guanidine groups is 1. The van der Waals surface area contributed by atoms with Crippen molar-refractivity contribution in [2.24, 2.45) is 4.99 Å². The molecule has 0 aliphatic carbocycles. The first-order valence-electron chi connectivity index (χ1n) is 8.37. The highest BCUT2D eigenvalue weighted by Crippen LogP contribution is 2.11. The summed E-state index contributed by atoms with van der Waals surface area (Å²) in [4.78, 5) is 18.2. The number of carbonyl (C=O) groups excluding carboxylic acids is 1. The van der Waals surface area contributed by atoms with Crippen LogP contribution in [0.25, 0.3) is 0 Å². The molecule has 148 valence electrons. The SMILES string of the molecule is CN=C(NCCOCCOC)N1CCC(NC(=O)OC(C)(C)C)C1.I. The Hall–Kier alpha value is -0.810. The molecule has 0 bridgehead atoms. The summed E-state index contributed by atoms with van der Waals surface area (Å²) in [6, 6.07) is 0.0661. The maximum atomic E-state index is 11.8. The van der Waals surface area contributed by atoms with Crippen molar-refractivity contribution in [3.63, 3.8) is 0 Å². The molecule has 0 radical (unpaired) electrons. The second-order valence-corrected chi connectivity index (χ2v) is 6.66. The quantitative estimate of drug-likeness (QED) is 0.253. The van der Waals surface area contributed by atoms with Gasteiger partial charge < -0.3 is 29.7 Å². The van der Waals surface area contributed by atoms with E-state index < -0.39 is 5.60 Å². The Balaban J connectivity index is 0.00000576. The predicted octanol–water partition coefficient (Wildman–Crippen LogP) is 1.44. The number of amides is 1. The maximum absolute atomic E-state index is 11.8. The van der Waals surface area contributed by atoms with Crippen molar-refractivity contribution in [3.8, 4) is 0 Å². The van der Waals surface area contributed by atoms with E-state index in [4.69, 9.17) is 14.2 Å². The lowest BCUT2D eigenvalue weighted by Gasteiger charge is -2.23. The summed E-state index contributed by atoms with van der Waals surface area (Å²) >= 11 is 0. The van der Waals surface area contributed by atoms with Gasteiger partial charge in [-0.25, -0.2) is 4.79 Å². The van der Waals surface area contributed by atoms with Gasteiger partial charge in [0.05, 0.1) is 25.9 Å². The number of nitrogens with one attached hydrogen (secondary N) is 2. The number of aliphatic imine (C=N–C) groups is 1. The number of carbonyl (C=O) groups is 1. The average molecular weight is 472 g/mol. The zero-order valence-corrected chi connectivity index (χ0v) is 18.3. The van der Waals surface area contributed by atoms with Gasteiger partial charge in [-0.3, -0.25) is 4.99 Å². The Bertz CT molecular complexity index is 415. The number of nitrogens with zero attached hydrogens (tertiary/aromatic N) is 2. The fourth-order valence-corrected chi connectivity index (χ4v) is 2.36. The molecular formula is C16H33IN4O4. The first-order chi connectivity index (χ1) is 11.4. The van der Waals surface area contributed by atoms with E-state index in [0.717, 1.165) is 18.9 Å². The van der Waals surface area contributed by atoms with Crippen LogP contribution in [0.5, 0.6) is 0 Å². The number of rotatable bonds is 7. The minimum absolute atomic E-state index is 0. The molecule has 0 aromatic carbocycles. The molecule has 1 unspecified atom stereocenters. The van der Waals surface area contributed by atoms with E-state index in [1.807, 2.05) is 20.8 Å². The van der Waals surface area contributed by atoms with Crippen LogP contribution < -0.4 is 10.6 Å². The van der Waals surface area contributed by atoms with Crippen molar-refractivity contribution in [2.45, 2.75) is 38.8 Å². The van der Waals surface area contributed by atoms with E-state index in [9.17, 15) is 4.79 Å². The normalized spacial score (nSPS) is 17.9. The third kappa shape index (κ3) is 10.7. The molecule has 0 aromatic heterocycles. The number of hydrogen-bond acceptors (Lipinski definition) is 5. The Morgan fingerprint density at radius 3 is 2.60 bits per heavy atom. The molecule has 1 saturated heterocycles. The summed E-state index contributed by atoms with van der Waals surface area (Å²) in [5, 5.41) is 6.18. The summed E-state index contributed by atoms with van der Waals surface area (Å²) < 4.78 is 15.6. The molecule has 25 heavy (non-hydrogen) atoms. The summed E-state index contributed by atoms with van der Waals surface area (Å²) in [6.45, 7) is 9.57. The number of methoxy groups -OCH3 is 1. The Kier molecular flexibility index (Phi) is 12.1. The Morgan fingerprint density at radius 1 is 1.28 bits per heavy atom. The van der Waals surface area contributed by atoms with Crippen LogP contribution in [0.3, 0.4) is 0 Å². The van der Waals surface area contributed by atoms with E-state index in [0.29, 0.717) is 32.9 Å². The fourth-order valence-electron chi connectivity index (χ4n) is 2.36. The van der Waals surface area contributed by atoms with Crippen LogP contribution in [0.4, 0.5) is 4.79 Å². The highest BCUT2D eigenvalue weighted by molar-refractivity contribution is 14.0. The largest absolute Gasteiger partial charge is 0.444 e. The van der Waals surface area contributed by atoms with E-state index in [1.165, 1.54) is 0 Å². The van der Waals surface area contributed by atoms with Crippen molar-refractivity contribution in [1.29, 1.82) is 0 Å². The van der Waals surface area contributed by atoms with Crippen LogP contribution in [-0.2, 0) is 14.2 Å². The number of alkyl carbamates (subject to hydrolysis) is 1. The van der Waals surface area contributed by atoms with Crippen LogP contribution >= 0.6 is 24.0 Å². The van der Waals surface area contributed by atoms with Crippen molar-refractivity contribution in [3.05, 3.63) is 0 Å². The molecule has 0 saturated carbocycles. The van der Waals surface area contributed by atoms with E-state index in [-0.39, 0.29) is 36.1 Å². The summed E-state index contributed by atoms with van der Waals surface area (Å²) in [5.74, 6) is 0.818. The van der Waals surface area contributed by atoms with Gasteiger partial charge in [-0.15, -0.1) is 24.0 Å². The molecule has 8 nitrogen and oxygen atoms in total. The number of halogens is 1. The molecule has 1 heterocycles. The number of ether oxygens (including phenoxy) is 3. The second kappa shape index (κ2) is 12.5. The molecule has 0 spiro atoms. The van der Waals surface area contributed by atoms with Crippen LogP contribution in [-0.4, -0.2) is 82.2 Å². The molecular weight excluding hydrogens is 439 g/mol. The zero-order chi connectivity index (χ0) is 18.0. The van der Waals surface area contributed by atoms with Gasteiger partial charge in [-0.2, -0.15) is 0 Å². The molecule has 1 rings (SSSR count). The van der Waals surface area contributed by atoms with Gasteiger partial charge in [0.15, 0.2) is 5.96 Å². The van der Waals surface area contributed by atoms with Gasteiger partial charge in [-0.05, 0) is 27.2 Å². The van der Waals surface area contributed by atoms with Gasteiger partial charge in [0, 0.05) is 33.8 Å². The number of hydrogen-bond donors (Lipinski definition) is 2. The fraction of sp³-hybridized carbons (Fsp3) is 0.875. The smallest absolute Gasteiger partial charge is 0.407 e. The second-order valence-electron chi connectivity index (χ2n) is 6.66. The Labute approximate surface area is 168 Å². The molecule has 0 aromatic rings. The summed E-state index contributed by atoms with van der Waals surface area (Å²) in [5.41, 5.74) is -0.483. The lowest BCUT2D eigenvalue weighted by molar-refractivity contribution is 0.0507. The number of likely N-dealkylation sites (tertiary alicyclic amines) is 1. The predicted molar refractivity (Wildman–Crippen MR) is 109 cm³/mol. The van der Waals surface area contributed by atoms with Gasteiger partial charge in [-0.1, -0.05) is 0 Å². The third-order valence-corrected chi connectivity index (χ3v) is 3.38. The molecule has 2 N–H and O–H groups in total. The minimum Gasteiger partial charge on any atom is -0.444 e. The van der Waals surface area contributed by atoms with Gasteiger partial charge in [0.2, 0.25) is 0 Å². The molecule has 1 amide bonds. The monoisotopic (exact) mass is 472 g/mol. The highest BCUT2D eigenvalue weighted by Gasteiger charge is 2.27. The van der Waals surface area contributed by atoms with Crippen molar-refractivity contribution in [1.82, 2.24) is 15.5 Å². The van der Waals surface area contributed by atoms with Crippen LogP contribution in [0.1, 0.15) is 27.2 Å². The van der Waals surface area contributed by atoms with Gasteiger partial charge >= 0.3 is 6.09 Å². The molecule has 1 atom stereocenters. The Morgan fingerprint density at radius 2 is 2.00 bits per heavy atom. The van der Waals surface area contributed by atoms with Crippen LogP contribution in [0, 0.1) is 0 Å². The molecule has 9 heteroatoms. The van der Waals surface area contributed by atoms with Crippen molar-refractivity contribution >= 4 is 36.0 Å². The average Bonchev–Trinajstić information content (AvgIpc) is 2.92. The molecule has 1 fully saturated rings. The topological polar surface area (TPSA) is 84.4 Å². The first kappa shape index (κ1) is 24.2. The van der Waals surface area contributed by atoms with Crippen LogP contribution in [0.2, 0.25) is 0 Å². The van der Waals surface area contributed by atoms with E-state index in [1.54, 1.807) is 14.2 Å². The van der Waals surface area contributed by atoms with Crippen molar-refractivity contribution in [2.75, 3.05) is 53.6 Å². The lowest BCUT2D eigenvalue weighted by Crippen LogP contribution is -2.44. The zero-order valence-electron chi connectivity index (χ0n) is 16.0. The van der Waals surface area contributed by atoms with Crippen LogP contribution in [0.15, 0.2) is 4.99 Å². The molecule has 1 aliphatic heterocycles. The standard InChI is InChI=1S/C16H32N4O4.HI/c1-16(2,3)24-15(21)19-13-6-8-20(12-13)14(17-4)18-7-9-23-11-10-22-5;/h13H,6-12H2,1-5H3,(H,17,18)(H,19,21);1H. The third-order valence-electron chi connectivity index (χ3n) is 3.38. The van der Waals surface area contributed by atoms with Crippen molar-refractivity contribution < 1.29 is 19.0 Å². The maximum Gasteiger partial charge on any atom is 0.407 e. The highest BCUT2D eigenvalue weighted by atomic mass is 127. The van der Waals surface area contributed by atoms with Gasteiger partial charge in [0.25, 0.3) is 0 Å².